The van der Waals surface area contributed by atoms with E-state index in [-0.39, 0.29) is 69.6 Å². The number of hydrogen-bond donors (Lipinski definition) is 2. The number of rotatable bonds is 22. The molecule has 0 spiro atoms. The number of thioether (sulfide) groups is 1. The number of aliphatic hydroxyl groups is 2. The van der Waals surface area contributed by atoms with E-state index in [0.29, 0.717) is 35.8 Å². The summed E-state index contributed by atoms with van der Waals surface area (Å²) in [6.07, 6.45) is 10.3. The average Bonchev–Trinajstić information content (AvgIpc) is 3.36. The van der Waals surface area contributed by atoms with Crippen molar-refractivity contribution in [3.8, 4) is 17.2 Å². The maximum Gasteiger partial charge on any atom is 0.410 e. The van der Waals surface area contributed by atoms with Crippen molar-refractivity contribution in [2.24, 2.45) is 22.9 Å². The minimum atomic E-state index is -1.48. The monoisotopic (exact) mass is 944 g/mol. The van der Waals surface area contributed by atoms with Gasteiger partial charge in [-0.15, -0.1) is 29.9 Å². The lowest BCUT2D eigenvalue weighted by molar-refractivity contribution is -0.256. The standard InChI is InChI=1S/C55H61ClN2O8S/c1-3-31-63-55-51(58(54(61)62-32-28-56)36-41-19-13-18-39-16-7-8-20-45(39)41)35-49(57-64-37-38-14-5-4-6-15-38)47-33-40(17-9-11-29-59)46(21-10-12-30-60)52(53(47)55)48-34-43(24-27-50(48)66-55)65-42-22-25-44(67-2)26-23-42/h3-8,13-16,18-20,22-27,33-34,40,46,51-53,59-60H,1,9-12,17,21,28-32,35-37H2,2H3/t40-,46+,51-,52+,53+,55+/m0/s1. The molecule has 0 saturated heterocycles. The molecule has 10 nitrogen and oxygen atoms in total. The van der Waals surface area contributed by atoms with Gasteiger partial charge in [0.15, 0.2) is 0 Å². The van der Waals surface area contributed by atoms with Crippen LogP contribution in [0.25, 0.3) is 10.8 Å². The number of aliphatic hydroxyl groups excluding tert-OH is 2. The SMILES string of the molecule is C=CCO[C@@]12Oc3ccc(Oc4ccc(SC)cc4)cc3[C@H]3[C@H](CCCCO)[C@@H](CCCCO)C=C(C(=NOCc4ccccc4)C[C@@H]1N(Cc1cccc4ccccc14)C(=O)OCCCl)[C@H]32. The zero-order chi connectivity index (χ0) is 46.6. The Morgan fingerprint density at radius 2 is 1.67 bits per heavy atom. The molecule has 5 aromatic rings. The molecule has 1 fully saturated rings. The van der Waals surface area contributed by atoms with Gasteiger partial charge in [0.05, 0.1) is 30.7 Å². The molecule has 67 heavy (non-hydrogen) atoms. The lowest BCUT2D eigenvalue weighted by Gasteiger charge is -2.59. The first-order valence-corrected chi connectivity index (χ1v) is 25.2. The van der Waals surface area contributed by atoms with Crippen LogP contribution in [0.2, 0.25) is 0 Å². The van der Waals surface area contributed by atoms with Gasteiger partial charge in [0.25, 0.3) is 0 Å². The smallest absolute Gasteiger partial charge is 0.410 e. The molecule has 2 N–H and O–H groups in total. The van der Waals surface area contributed by atoms with Crippen molar-refractivity contribution in [3.05, 3.63) is 156 Å². The van der Waals surface area contributed by atoms with Gasteiger partial charge in [0.1, 0.15) is 36.5 Å². The predicted octanol–water partition coefficient (Wildman–Crippen LogP) is 12.1. The first-order valence-electron chi connectivity index (χ1n) is 23.4. The molecule has 2 aliphatic carbocycles. The molecular weight excluding hydrogens is 884 g/mol. The quantitative estimate of drug-likeness (QED) is 0.0230. The number of oxime groups is 1. The fourth-order valence-corrected chi connectivity index (χ4v) is 10.9. The lowest BCUT2D eigenvalue weighted by atomic mass is 9.55. The molecule has 1 aliphatic heterocycles. The summed E-state index contributed by atoms with van der Waals surface area (Å²) in [5.74, 6) is -0.0233. The Morgan fingerprint density at radius 1 is 0.925 bits per heavy atom. The van der Waals surface area contributed by atoms with Gasteiger partial charge in [-0.2, -0.15) is 0 Å². The van der Waals surface area contributed by atoms with Crippen molar-refractivity contribution >= 4 is 45.9 Å². The number of allylic oxidation sites excluding steroid dienone is 1. The Labute approximate surface area is 403 Å². The van der Waals surface area contributed by atoms with Crippen LogP contribution in [0.3, 0.4) is 0 Å². The molecule has 1 amide bonds. The zero-order valence-corrected chi connectivity index (χ0v) is 39.7. The highest BCUT2D eigenvalue weighted by Crippen LogP contribution is 2.62. The van der Waals surface area contributed by atoms with E-state index < -0.39 is 23.8 Å². The van der Waals surface area contributed by atoms with Crippen LogP contribution in [0.15, 0.2) is 150 Å². The second-order valence-corrected chi connectivity index (χ2v) is 18.6. The summed E-state index contributed by atoms with van der Waals surface area (Å²) in [5, 5.41) is 27.1. The molecule has 3 aliphatic rings. The van der Waals surface area contributed by atoms with E-state index in [1.165, 1.54) is 0 Å². The van der Waals surface area contributed by atoms with Crippen molar-refractivity contribution < 1.29 is 38.8 Å². The highest BCUT2D eigenvalue weighted by Gasteiger charge is 2.65. The van der Waals surface area contributed by atoms with Crippen LogP contribution in [-0.4, -0.2) is 77.3 Å². The van der Waals surface area contributed by atoms with Crippen LogP contribution in [0, 0.1) is 17.8 Å². The van der Waals surface area contributed by atoms with Crippen LogP contribution < -0.4 is 9.47 Å². The fourth-order valence-electron chi connectivity index (χ4n) is 10.4. The Bertz CT molecular complexity index is 2500. The second-order valence-electron chi connectivity index (χ2n) is 17.4. The number of amides is 1. The first-order chi connectivity index (χ1) is 32.9. The number of halogens is 1. The minimum Gasteiger partial charge on any atom is -0.459 e. The summed E-state index contributed by atoms with van der Waals surface area (Å²) in [6.45, 7) is 4.82. The maximum atomic E-state index is 14.9. The van der Waals surface area contributed by atoms with Crippen LogP contribution in [-0.2, 0) is 27.5 Å². The van der Waals surface area contributed by atoms with E-state index in [4.69, 9.17) is 40.5 Å². The minimum absolute atomic E-state index is 0.00687. The number of alkyl halides is 1. The van der Waals surface area contributed by atoms with Crippen molar-refractivity contribution in [1.29, 1.82) is 0 Å². The molecule has 0 radical (unpaired) electrons. The van der Waals surface area contributed by atoms with Gasteiger partial charge in [-0.05, 0) is 114 Å². The number of hydrogen-bond acceptors (Lipinski definition) is 10. The normalized spacial score (nSPS) is 22.2. The van der Waals surface area contributed by atoms with Crippen LogP contribution in [0.1, 0.15) is 67.6 Å². The largest absolute Gasteiger partial charge is 0.459 e. The number of unbranched alkanes of at least 4 members (excludes halogenated alkanes) is 2. The van der Waals surface area contributed by atoms with Gasteiger partial charge in [0, 0.05) is 36.0 Å². The topological polar surface area (TPSA) is 119 Å². The Morgan fingerprint density at radius 3 is 2.43 bits per heavy atom. The number of ether oxygens (including phenoxy) is 4. The van der Waals surface area contributed by atoms with E-state index in [2.05, 4.69) is 36.9 Å². The molecule has 5 aromatic carbocycles. The van der Waals surface area contributed by atoms with Crippen LogP contribution in [0.5, 0.6) is 17.2 Å². The van der Waals surface area contributed by atoms with Crippen molar-refractivity contribution in [2.75, 3.05) is 38.6 Å². The zero-order valence-electron chi connectivity index (χ0n) is 38.1. The average molecular weight is 946 g/mol. The summed E-state index contributed by atoms with van der Waals surface area (Å²) in [4.78, 5) is 24.1. The van der Waals surface area contributed by atoms with Gasteiger partial charge in [-0.1, -0.05) is 103 Å². The van der Waals surface area contributed by atoms with Gasteiger partial charge in [0.2, 0.25) is 5.79 Å². The van der Waals surface area contributed by atoms with Gasteiger partial charge in [-0.25, -0.2) is 4.79 Å². The summed E-state index contributed by atoms with van der Waals surface area (Å²) >= 11 is 7.87. The number of carbonyl (C=O) groups is 1. The summed E-state index contributed by atoms with van der Waals surface area (Å²) in [5.41, 5.74) is 4.49. The van der Waals surface area contributed by atoms with Crippen molar-refractivity contribution in [2.45, 2.75) is 80.7 Å². The van der Waals surface area contributed by atoms with Crippen molar-refractivity contribution in [3.63, 3.8) is 0 Å². The highest BCUT2D eigenvalue weighted by molar-refractivity contribution is 7.98. The van der Waals surface area contributed by atoms with Crippen molar-refractivity contribution in [1.82, 2.24) is 4.90 Å². The molecule has 0 aromatic heterocycles. The number of carbonyl (C=O) groups excluding carboxylic acids is 1. The Balaban J connectivity index is 1.35. The number of nitrogens with zero attached hydrogens (tertiary/aromatic N) is 2. The predicted molar refractivity (Wildman–Crippen MR) is 266 cm³/mol. The molecule has 8 rings (SSSR count). The Hall–Kier alpha value is -5.30. The van der Waals surface area contributed by atoms with Gasteiger partial charge >= 0.3 is 6.09 Å². The summed E-state index contributed by atoms with van der Waals surface area (Å²) in [6, 6.07) is 37.4. The molecule has 12 heteroatoms. The van der Waals surface area contributed by atoms with E-state index in [0.717, 1.165) is 63.6 Å². The van der Waals surface area contributed by atoms with Gasteiger partial charge in [-0.3, -0.25) is 4.90 Å². The van der Waals surface area contributed by atoms with E-state index in [9.17, 15) is 15.0 Å². The van der Waals surface area contributed by atoms with Gasteiger partial charge < -0.3 is 34.0 Å². The molecule has 6 atom stereocenters. The fraction of sp³-hybridized carbons (Fsp3) is 0.382. The van der Waals surface area contributed by atoms with Crippen LogP contribution >= 0.6 is 23.4 Å². The number of benzene rings is 5. The first kappa shape index (κ1) is 48.2. The third kappa shape index (κ3) is 10.9. The summed E-state index contributed by atoms with van der Waals surface area (Å²) < 4.78 is 27.3. The molecule has 1 heterocycles. The van der Waals surface area contributed by atoms with E-state index in [1.807, 2.05) is 97.3 Å². The molecular formula is C55H61ClN2O8S. The van der Waals surface area contributed by atoms with E-state index in [1.54, 1.807) is 22.7 Å². The third-order valence-corrected chi connectivity index (χ3v) is 14.2. The van der Waals surface area contributed by atoms with Crippen LogP contribution in [0.4, 0.5) is 4.79 Å². The molecule has 0 bridgehead atoms. The second kappa shape index (κ2) is 23.1. The summed E-state index contributed by atoms with van der Waals surface area (Å²) in [7, 11) is 0. The number of fused-ring (bicyclic) bond motifs is 3. The highest BCUT2D eigenvalue weighted by atomic mass is 35.5. The molecule has 0 unspecified atom stereocenters. The molecule has 352 valence electrons. The third-order valence-electron chi connectivity index (χ3n) is 13.3. The van der Waals surface area contributed by atoms with E-state index >= 15 is 0 Å². The maximum absolute atomic E-state index is 14.9. The lowest BCUT2D eigenvalue weighted by Crippen LogP contribution is -2.70. The Kier molecular flexibility index (Phi) is 16.6. The molecule has 1 saturated carbocycles.